The summed E-state index contributed by atoms with van der Waals surface area (Å²) < 4.78 is 0. The van der Waals surface area contributed by atoms with Gasteiger partial charge in [-0.3, -0.25) is 14.9 Å². The molecule has 31 heavy (non-hydrogen) atoms. The molecule has 8 heteroatoms. The number of para-hydroxylation sites is 1. The molecule has 2 aromatic heterocycles. The summed E-state index contributed by atoms with van der Waals surface area (Å²) >= 11 is 2.66. The standard InChI is InChI=1S/C23H27N3O3S2/c1-3-15(2)8-9-16-6-4-5-7-19(16)24-13-18-10-11-20(31-18)22(29)26-23-25-17(14-30-23)12-21(27)28/h4-7,10-11,14-15,24H,3,8-9,12-13H2,1-2H3,(H,27,28)(H,25,26,29). The first kappa shape index (κ1) is 23.0. The van der Waals surface area contributed by atoms with Crippen LogP contribution in [0.1, 0.15) is 52.5 Å². The zero-order chi connectivity index (χ0) is 22.2. The lowest BCUT2D eigenvalue weighted by Gasteiger charge is -2.13. The number of benzene rings is 1. The number of carbonyl (C=O) groups excluding carboxylic acids is 1. The number of nitrogens with zero attached hydrogens (tertiary/aromatic N) is 1. The smallest absolute Gasteiger partial charge is 0.309 e. The van der Waals surface area contributed by atoms with Crippen molar-refractivity contribution >= 4 is 45.4 Å². The Kier molecular flexibility index (Phi) is 8.20. The number of amides is 1. The van der Waals surface area contributed by atoms with Crippen LogP contribution < -0.4 is 10.6 Å². The summed E-state index contributed by atoms with van der Waals surface area (Å²) in [4.78, 5) is 29.1. The molecular formula is C23H27N3O3S2. The molecule has 0 saturated carbocycles. The third-order valence-electron chi connectivity index (χ3n) is 5.06. The van der Waals surface area contributed by atoms with Crippen molar-refractivity contribution in [2.75, 3.05) is 10.6 Å². The number of nitrogens with one attached hydrogen (secondary N) is 2. The van der Waals surface area contributed by atoms with Crippen molar-refractivity contribution in [3.8, 4) is 0 Å². The fourth-order valence-electron chi connectivity index (χ4n) is 3.05. The minimum absolute atomic E-state index is 0.153. The van der Waals surface area contributed by atoms with E-state index < -0.39 is 5.97 Å². The van der Waals surface area contributed by atoms with Crippen LogP contribution in [-0.4, -0.2) is 22.0 Å². The minimum atomic E-state index is -0.944. The molecule has 0 aliphatic rings. The number of anilines is 2. The topological polar surface area (TPSA) is 91.3 Å². The number of thiophene rings is 1. The van der Waals surface area contributed by atoms with Crippen molar-refractivity contribution in [1.82, 2.24) is 4.98 Å². The van der Waals surface area contributed by atoms with Crippen LogP contribution >= 0.6 is 22.7 Å². The van der Waals surface area contributed by atoms with Gasteiger partial charge in [0, 0.05) is 22.5 Å². The van der Waals surface area contributed by atoms with Crippen molar-refractivity contribution in [3.63, 3.8) is 0 Å². The maximum absolute atomic E-state index is 12.5. The Morgan fingerprint density at radius 2 is 2.00 bits per heavy atom. The first-order valence-electron chi connectivity index (χ1n) is 10.3. The molecule has 1 aromatic carbocycles. The lowest BCUT2D eigenvalue weighted by Crippen LogP contribution is -2.10. The zero-order valence-corrected chi connectivity index (χ0v) is 19.3. The summed E-state index contributed by atoms with van der Waals surface area (Å²) in [7, 11) is 0. The molecule has 0 aliphatic carbocycles. The second-order valence-electron chi connectivity index (χ2n) is 7.50. The van der Waals surface area contributed by atoms with Gasteiger partial charge < -0.3 is 10.4 Å². The first-order chi connectivity index (χ1) is 14.9. The van der Waals surface area contributed by atoms with Crippen molar-refractivity contribution < 1.29 is 14.7 Å². The fraction of sp³-hybridized carbons (Fsp3) is 0.348. The average molecular weight is 458 g/mol. The average Bonchev–Trinajstić information content (AvgIpc) is 3.40. The highest BCUT2D eigenvalue weighted by molar-refractivity contribution is 7.15. The normalized spacial score (nSPS) is 11.8. The highest BCUT2D eigenvalue weighted by Gasteiger charge is 2.13. The Hall–Kier alpha value is -2.71. The SMILES string of the molecule is CCC(C)CCc1ccccc1NCc1ccc(C(=O)Nc2nc(CC(=O)O)cs2)s1. The van der Waals surface area contributed by atoms with Gasteiger partial charge in [-0.2, -0.15) is 0 Å². The predicted molar refractivity (Wildman–Crippen MR) is 127 cm³/mol. The van der Waals surface area contributed by atoms with Gasteiger partial charge in [-0.25, -0.2) is 4.98 Å². The van der Waals surface area contributed by atoms with Crippen LogP contribution in [0.25, 0.3) is 0 Å². The second-order valence-corrected chi connectivity index (χ2v) is 9.52. The summed E-state index contributed by atoms with van der Waals surface area (Å²) in [6.45, 7) is 5.16. The van der Waals surface area contributed by atoms with E-state index in [-0.39, 0.29) is 12.3 Å². The van der Waals surface area contributed by atoms with Crippen LogP contribution in [0.3, 0.4) is 0 Å². The number of aryl methyl sites for hydroxylation is 1. The molecule has 0 bridgehead atoms. The van der Waals surface area contributed by atoms with E-state index in [1.54, 1.807) is 11.4 Å². The molecular weight excluding hydrogens is 430 g/mol. The Bertz CT molecular complexity index is 1030. The molecule has 1 unspecified atom stereocenters. The minimum Gasteiger partial charge on any atom is -0.481 e. The summed E-state index contributed by atoms with van der Waals surface area (Å²) in [6, 6.07) is 12.1. The highest BCUT2D eigenvalue weighted by Crippen LogP contribution is 2.24. The summed E-state index contributed by atoms with van der Waals surface area (Å²) in [6.07, 6.45) is 3.26. The fourth-order valence-corrected chi connectivity index (χ4v) is 4.60. The molecule has 0 fully saturated rings. The van der Waals surface area contributed by atoms with Crippen molar-refractivity contribution in [2.24, 2.45) is 5.92 Å². The van der Waals surface area contributed by atoms with Gasteiger partial charge in [0.05, 0.1) is 17.0 Å². The van der Waals surface area contributed by atoms with E-state index in [0.29, 0.717) is 28.2 Å². The Balaban J connectivity index is 1.56. The summed E-state index contributed by atoms with van der Waals surface area (Å²) in [5.41, 5.74) is 2.90. The van der Waals surface area contributed by atoms with Crippen LogP contribution in [0.15, 0.2) is 41.8 Å². The molecule has 3 N–H and O–H groups in total. The van der Waals surface area contributed by atoms with E-state index >= 15 is 0 Å². The van der Waals surface area contributed by atoms with Crippen molar-refractivity contribution in [1.29, 1.82) is 0 Å². The number of aromatic nitrogens is 1. The van der Waals surface area contributed by atoms with Gasteiger partial charge in [0.15, 0.2) is 5.13 Å². The van der Waals surface area contributed by atoms with E-state index in [1.165, 1.54) is 41.1 Å². The Labute approximate surface area is 190 Å². The van der Waals surface area contributed by atoms with Crippen molar-refractivity contribution in [2.45, 2.75) is 46.1 Å². The van der Waals surface area contributed by atoms with Crippen LogP contribution in [0.5, 0.6) is 0 Å². The lowest BCUT2D eigenvalue weighted by atomic mass is 9.98. The number of hydrogen-bond donors (Lipinski definition) is 3. The van der Waals surface area contributed by atoms with Gasteiger partial charge in [0.25, 0.3) is 5.91 Å². The number of carbonyl (C=O) groups is 2. The maximum atomic E-state index is 12.5. The lowest BCUT2D eigenvalue weighted by molar-refractivity contribution is -0.136. The molecule has 0 radical (unpaired) electrons. The Morgan fingerprint density at radius 1 is 1.19 bits per heavy atom. The van der Waals surface area contributed by atoms with E-state index in [1.807, 2.05) is 12.1 Å². The predicted octanol–water partition coefficient (Wildman–Crippen LogP) is 5.67. The molecule has 164 valence electrons. The van der Waals surface area contributed by atoms with Crippen LogP contribution in [0.2, 0.25) is 0 Å². The van der Waals surface area contributed by atoms with E-state index in [4.69, 9.17) is 5.11 Å². The first-order valence-corrected chi connectivity index (χ1v) is 12.0. The maximum Gasteiger partial charge on any atom is 0.309 e. The van der Waals surface area contributed by atoms with Gasteiger partial charge in [-0.1, -0.05) is 38.5 Å². The molecule has 3 aromatic rings. The second kappa shape index (κ2) is 11.1. The molecule has 6 nitrogen and oxygen atoms in total. The molecule has 1 atom stereocenters. The summed E-state index contributed by atoms with van der Waals surface area (Å²) in [5.74, 6) is -0.467. The van der Waals surface area contributed by atoms with Crippen LogP contribution in [0, 0.1) is 5.92 Å². The quantitative estimate of drug-likeness (QED) is 0.345. The van der Waals surface area contributed by atoms with Crippen LogP contribution in [0.4, 0.5) is 10.8 Å². The number of rotatable bonds is 11. The van der Waals surface area contributed by atoms with Gasteiger partial charge in [0.2, 0.25) is 0 Å². The molecule has 0 spiro atoms. The van der Waals surface area contributed by atoms with Gasteiger partial charge >= 0.3 is 5.97 Å². The number of aliphatic carboxylic acids is 1. The number of hydrogen-bond acceptors (Lipinski definition) is 6. The third-order valence-corrected chi connectivity index (χ3v) is 6.95. The molecule has 1 amide bonds. The molecule has 2 heterocycles. The molecule has 3 rings (SSSR count). The van der Waals surface area contributed by atoms with E-state index in [0.717, 1.165) is 17.0 Å². The van der Waals surface area contributed by atoms with Gasteiger partial charge in [-0.15, -0.1) is 22.7 Å². The number of carboxylic acids is 1. The highest BCUT2D eigenvalue weighted by atomic mass is 32.1. The van der Waals surface area contributed by atoms with Crippen LogP contribution in [-0.2, 0) is 24.2 Å². The van der Waals surface area contributed by atoms with Gasteiger partial charge in [-0.05, 0) is 42.5 Å². The van der Waals surface area contributed by atoms with E-state index in [9.17, 15) is 9.59 Å². The monoisotopic (exact) mass is 457 g/mol. The molecule has 0 saturated heterocycles. The number of thiazole rings is 1. The van der Waals surface area contributed by atoms with E-state index in [2.05, 4.69) is 47.7 Å². The summed E-state index contributed by atoms with van der Waals surface area (Å²) in [5, 5.41) is 17.1. The van der Waals surface area contributed by atoms with Crippen molar-refractivity contribution in [3.05, 3.63) is 62.8 Å². The zero-order valence-electron chi connectivity index (χ0n) is 17.7. The third kappa shape index (κ3) is 6.90. The Morgan fingerprint density at radius 3 is 2.77 bits per heavy atom. The number of carboxylic acid groups (broad SMARTS) is 1. The van der Waals surface area contributed by atoms with Gasteiger partial charge in [0.1, 0.15) is 0 Å². The largest absolute Gasteiger partial charge is 0.481 e. The molecule has 0 aliphatic heterocycles.